The molecule has 1 saturated heterocycles. The predicted molar refractivity (Wildman–Crippen MR) is 109 cm³/mol. The van der Waals surface area contributed by atoms with Gasteiger partial charge in [0.05, 0.1) is 5.56 Å². The molecule has 1 heterocycles. The van der Waals surface area contributed by atoms with Crippen LogP contribution >= 0.6 is 0 Å². The van der Waals surface area contributed by atoms with Crippen molar-refractivity contribution in [3.63, 3.8) is 0 Å². The fraction of sp³-hybridized carbons (Fsp3) is 0.435. The van der Waals surface area contributed by atoms with Crippen molar-refractivity contribution in [2.24, 2.45) is 5.92 Å². The molecule has 3 rings (SSSR count). The van der Waals surface area contributed by atoms with Crippen molar-refractivity contribution < 1.29 is 14.3 Å². The number of nitrogens with zero attached hydrogens (tertiary/aromatic N) is 2. The summed E-state index contributed by atoms with van der Waals surface area (Å²) in [5.74, 6) is 0.0560. The molecular weight excluding hydrogens is 355 g/mol. The summed E-state index contributed by atoms with van der Waals surface area (Å²) in [6.45, 7) is 9.12. The molecule has 5 heteroatoms. The number of carbonyl (C=O) groups is 1. The molecular formula is C23H29FN2O2. The molecule has 2 aromatic carbocycles. The van der Waals surface area contributed by atoms with Gasteiger partial charge in [0.1, 0.15) is 11.6 Å². The first kappa shape index (κ1) is 20.3. The fourth-order valence-electron chi connectivity index (χ4n) is 3.89. The Morgan fingerprint density at radius 1 is 1.18 bits per heavy atom. The van der Waals surface area contributed by atoms with Crippen molar-refractivity contribution in [1.82, 2.24) is 9.80 Å². The number of phenolic OH excluding ortho intramolecular Hbond substituents is 1. The van der Waals surface area contributed by atoms with Crippen LogP contribution in [-0.2, 0) is 6.54 Å². The number of aryl methyl sites for hydroxylation is 1. The molecule has 1 aliphatic rings. The topological polar surface area (TPSA) is 43.8 Å². The van der Waals surface area contributed by atoms with E-state index in [1.165, 1.54) is 12.1 Å². The van der Waals surface area contributed by atoms with Crippen molar-refractivity contribution in [1.29, 1.82) is 0 Å². The zero-order valence-electron chi connectivity index (χ0n) is 16.9. The first-order valence-electron chi connectivity index (χ1n) is 9.92. The average Bonchev–Trinajstić information content (AvgIpc) is 2.86. The SMILES string of the molecule is Cc1ccc(C(=O)N2CCCN(Cc3ccc(F)cc3)[C@@H](C(C)C)C2)c(O)c1. The summed E-state index contributed by atoms with van der Waals surface area (Å²) < 4.78 is 13.2. The van der Waals surface area contributed by atoms with Gasteiger partial charge in [-0.1, -0.05) is 32.0 Å². The Hall–Kier alpha value is -2.40. The number of halogens is 1. The zero-order chi connectivity index (χ0) is 20.3. The number of benzene rings is 2. The Bertz CT molecular complexity index is 820. The molecule has 0 spiro atoms. The summed E-state index contributed by atoms with van der Waals surface area (Å²) in [4.78, 5) is 17.3. The van der Waals surface area contributed by atoms with Crippen LogP contribution in [0.3, 0.4) is 0 Å². The van der Waals surface area contributed by atoms with Gasteiger partial charge >= 0.3 is 0 Å². The minimum Gasteiger partial charge on any atom is -0.507 e. The summed E-state index contributed by atoms with van der Waals surface area (Å²) >= 11 is 0. The van der Waals surface area contributed by atoms with Gasteiger partial charge in [-0.3, -0.25) is 9.69 Å². The van der Waals surface area contributed by atoms with E-state index in [0.717, 1.165) is 30.6 Å². The van der Waals surface area contributed by atoms with Gasteiger partial charge in [-0.05, 0) is 54.7 Å². The van der Waals surface area contributed by atoms with Crippen LogP contribution in [0.1, 0.15) is 41.8 Å². The molecule has 0 radical (unpaired) electrons. The molecule has 28 heavy (non-hydrogen) atoms. The zero-order valence-corrected chi connectivity index (χ0v) is 16.9. The maximum atomic E-state index is 13.2. The number of hydrogen-bond donors (Lipinski definition) is 1. The lowest BCUT2D eigenvalue weighted by atomic mass is 10.0. The lowest BCUT2D eigenvalue weighted by Crippen LogP contribution is -2.45. The third kappa shape index (κ3) is 4.71. The van der Waals surface area contributed by atoms with E-state index >= 15 is 0 Å². The van der Waals surface area contributed by atoms with Gasteiger partial charge in [-0.2, -0.15) is 0 Å². The molecule has 1 atom stereocenters. The normalized spacial score (nSPS) is 18.3. The quantitative estimate of drug-likeness (QED) is 0.859. The van der Waals surface area contributed by atoms with E-state index in [1.807, 2.05) is 30.0 Å². The van der Waals surface area contributed by atoms with E-state index in [0.29, 0.717) is 24.6 Å². The molecule has 150 valence electrons. The first-order chi connectivity index (χ1) is 13.3. The molecule has 0 aliphatic carbocycles. The third-order valence-electron chi connectivity index (χ3n) is 5.49. The maximum absolute atomic E-state index is 13.2. The first-order valence-corrected chi connectivity index (χ1v) is 9.92. The second kappa shape index (κ2) is 8.74. The number of hydrogen-bond acceptors (Lipinski definition) is 3. The van der Waals surface area contributed by atoms with Crippen LogP contribution in [0.25, 0.3) is 0 Å². The van der Waals surface area contributed by atoms with E-state index in [1.54, 1.807) is 12.1 Å². The molecule has 0 aromatic heterocycles. The van der Waals surface area contributed by atoms with Crippen molar-refractivity contribution in [3.05, 3.63) is 65.0 Å². The molecule has 1 N–H and O–H groups in total. The molecule has 2 aromatic rings. The molecule has 0 bridgehead atoms. The molecule has 4 nitrogen and oxygen atoms in total. The number of carbonyl (C=O) groups excluding carboxylic acids is 1. The van der Waals surface area contributed by atoms with E-state index in [2.05, 4.69) is 18.7 Å². The second-order valence-corrected chi connectivity index (χ2v) is 8.03. The highest BCUT2D eigenvalue weighted by atomic mass is 19.1. The van der Waals surface area contributed by atoms with Gasteiger partial charge in [-0.25, -0.2) is 4.39 Å². The van der Waals surface area contributed by atoms with Crippen LogP contribution in [-0.4, -0.2) is 46.5 Å². The van der Waals surface area contributed by atoms with E-state index in [4.69, 9.17) is 0 Å². The molecule has 1 amide bonds. The summed E-state index contributed by atoms with van der Waals surface area (Å²) in [7, 11) is 0. The lowest BCUT2D eigenvalue weighted by molar-refractivity contribution is 0.0699. The van der Waals surface area contributed by atoms with Crippen molar-refractivity contribution in [2.45, 2.75) is 39.8 Å². The monoisotopic (exact) mass is 384 g/mol. The van der Waals surface area contributed by atoms with Gasteiger partial charge in [0.15, 0.2) is 0 Å². The van der Waals surface area contributed by atoms with E-state index in [9.17, 15) is 14.3 Å². The minimum atomic E-state index is -0.227. The van der Waals surface area contributed by atoms with Gasteiger partial charge in [0, 0.05) is 32.2 Å². The third-order valence-corrected chi connectivity index (χ3v) is 5.49. The van der Waals surface area contributed by atoms with Crippen LogP contribution in [0.4, 0.5) is 4.39 Å². The van der Waals surface area contributed by atoms with Crippen molar-refractivity contribution in [2.75, 3.05) is 19.6 Å². The summed E-state index contributed by atoms with van der Waals surface area (Å²) in [5.41, 5.74) is 2.36. The summed E-state index contributed by atoms with van der Waals surface area (Å²) in [5, 5.41) is 10.2. The average molecular weight is 384 g/mol. The summed E-state index contributed by atoms with van der Waals surface area (Å²) in [6, 6.07) is 12.0. The van der Waals surface area contributed by atoms with Crippen LogP contribution in [0.5, 0.6) is 5.75 Å². The number of aromatic hydroxyl groups is 1. The highest BCUT2D eigenvalue weighted by molar-refractivity contribution is 5.97. The van der Waals surface area contributed by atoms with Gasteiger partial charge in [0.2, 0.25) is 0 Å². The number of amides is 1. The van der Waals surface area contributed by atoms with Crippen molar-refractivity contribution in [3.8, 4) is 5.75 Å². The Balaban J connectivity index is 1.78. The van der Waals surface area contributed by atoms with Gasteiger partial charge in [-0.15, -0.1) is 0 Å². The van der Waals surface area contributed by atoms with E-state index in [-0.39, 0.29) is 23.5 Å². The van der Waals surface area contributed by atoms with Crippen LogP contribution in [0, 0.1) is 18.7 Å². The van der Waals surface area contributed by atoms with Crippen LogP contribution in [0.2, 0.25) is 0 Å². The Labute approximate surface area is 166 Å². The molecule has 0 saturated carbocycles. The smallest absolute Gasteiger partial charge is 0.257 e. The predicted octanol–water partition coefficient (Wildman–Crippen LogP) is 4.21. The Morgan fingerprint density at radius 2 is 1.89 bits per heavy atom. The standard InChI is InChI=1S/C23H29FN2O2/c1-16(2)21-15-26(23(28)20-10-5-17(3)13-22(20)27)12-4-11-25(21)14-18-6-8-19(24)9-7-18/h5-10,13,16,21,27H,4,11-12,14-15H2,1-3H3/t21-/m1/s1. The lowest BCUT2D eigenvalue weighted by Gasteiger charge is -2.34. The van der Waals surface area contributed by atoms with Crippen LogP contribution in [0.15, 0.2) is 42.5 Å². The molecule has 0 unspecified atom stereocenters. The number of rotatable bonds is 4. The highest BCUT2D eigenvalue weighted by Crippen LogP contribution is 2.24. The van der Waals surface area contributed by atoms with Gasteiger partial charge in [0.25, 0.3) is 5.91 Å². The fourth-order valence-corrected chi connectivity index (χ4v) is 3.89. The van der Waals surface area contributed by atoms with Crippen LogP contribution < -0.4 is 0 Å². The maximum Gasteiger partial charge on any atom is 0.257 e. The van der Waals surface area contributed by atoms with Crippen molar-refractivity contribution >= 4 is 5.91 Å². The Morgan fingerprint density at radius 3 is 2.54 bits per heavy atom. The minimum absolute atomic E-state index is 0.0403. The summed E-state index contributed by atoms with van der Waals surface area (Å²) in [6.07, 6.45) is 0.864. The Kier molecular flexibility index (Phi) is 6.35. The van der Waals surface area contributed by atoms with Gasteiger partial charge < -0.3 is 10.0 Å². The highest BCUT2D eigenvalue weighted by Gasteiger charge is 2.30. The molecule has 1 fully saturated rings. The largest absolute Gasteiger partial charge is 0.507 e. The molecule has 1 aliphatic heterocycles. The second-order valence-electron chi connectivity index (χ2n) is 8.03. The number of phenols is 1. The van der Waals surface area contributed by atoms with E-state index < -0.39 is 0 Å².